The average Bonchev–Trinajstić information content (AvgIpc) is 1.69. The smallest absolute Gasteiger partial charge is 0.159 e. The maximum absolute atomic E-state index is 11.8. The average molecular weight is 99.1 g/mol. The first-order valence-electron chi connectivity index (χ1n) is 1.90. The van der Waals surface area contributed by atoms with E-state index in [4.69, 9.17) is 0 Å². The monoisotopic (exact) mass is 99.0 g/mol. The Kier molecular flexibility index (Phi) is 1.11. The zero-order chi connectivity index (χ0) is 5.11. The summed E-state index contributed by atoms with van der Waals surface area (Å²) >= 11 is 0. The van der Waals surface area contributed by atoms with Crippen molar-refractivity contribution in [2.45, 2.75) is 0 Å². The lowest BCUT2D eigenvalue weighted by Crippen LogP contribution is -1.80. The Morgan fingerprint density at radius 3 is 2.71 bits per heavy atom. The van der Waals surface area contributed by atoms with Crippen LogP contribution in [0.3, 0.4) is 0 Å². The summed E-state index contributed by atoms with van der Waals surface area (Å²) in [4.78, 5) is 0. The van der Waals surface area contributed by atoms with Crippen molar-refractivity contribution in [3.05, 3.63) is 30.8 Å². The van der Waals surface area contributed by atoms with E-state index in [0.717, 1.165) is 0 Å². The summed E-state index contributed by atoms with van der Waals surface area (Å²) in [6.45, 7) is 1.29. The minimum Gasteiger partial charge on any atom is -0.489 e. The van der Waals surface area contributed by atoms with Gasteiger partial charge in [-0.3, -0.25) is 0 Å². The van der Waals surface area contributed by atoms with Crippen LogP contribution in [-0.2, 0) is 4.74 Å². The second kappa shape index (κ2) is 1.78. The Morgan fingerprint density at radius 2 is 2.43 bits per heavy atom. The molecule has 0 unspecified atom stereocenters. The normalized spacial score (nSPS) is 18.1. The molecule has 0 aliphatic carbocycles. The van der Waals surface area contributed by atoms with Crippen molar-refractivity contribution >= 4 is 0 Å². The van der Waals surface area contributed by atoms with Gasteiger partial charge in [0.25, 0.3) is 0 Å². The number of ether oxygens (including phenoxy) is 1. The molecule has 0 saturated carbocycles. The van der Waals surface area contributed by atoms with Gasteiger partial charge in [-0.05, 0) is 6.08 Å². The van der Waals surface area contributed by atoms with Crippen LogP contribution in [-0.4, -0.2) is 0 Å². The number of allylic oxidation sites excluding steroid dienone is 2. The molecule has 1 heterocycles. The molecule has 0 aromatic carbocycles. The van der Waals surface area contributed by atoms with Crippen LogP contribution in [0.5, 0.6) is 0 Å². The van der Waals surface area contributed by atoms with Crippen LogP contribution >= 0.6 is 0 Å². The molecule has 1 aliphatic rings. The van der Waals surface area contributed by atoms with E-state index in [0.29, 0.717) is 0 Å². The summed E-state index contributed by atoms with van der Waals surface area (Å²) in [5.74, 6) is -0.272. The van der Waals surface area contributed by atoms with E-state index in [2.05, 4.69) is 4.74 Å². The van der Waals surface area contributed by atoms with Crippen molar-refractivity contribution in [2.24, 2.45) is 0 Å². The van der Waals surface area contributed by atoms with Gasteiger partial charge in [-0.2, -0.15) is 0 Å². The number of halogens is 1. The lowest BCUT2D eigenvalue weighted by Gasteiger charge is -1.96. The highest BCUT2D eigenvalue weighted by molar-refractivity contribution is 5.15. The number of rotatable bonds is 0. The molecule has 1 radical (unpaired) electrons. The Morgan fingerprint density at radius 1 is 1.57 bits per heavy atom. The Balaban J connectivity index is 2.58. The van der Waals surface area contributed by atoms with Gasteiger partial charge >= 0.3 is 0 Å². The predicted octanol–water partition coefficient (Wildman–Crippen LogP) is 1.55. The molecule has 0 aromatic heterocycles. The molecule has 0 amide bonds. The molecule has 0 saturated heterocycles. The molecule has 0 aromatic rings. The van der Waals surface area contributed by atoms with Crippen molar-refractivity contribution in [1.29, 1.82) is 0 Å². The second-order valence-electron chi connectivity index (χ2n) is 1.13. The third-order valence-corrected chi connectivity index (χ3v) is 0.612. The lowest BCUT2D eigenvalue weighted by molar-refractivity contribution is 0.347. The van der Waals surface area contributed by atoms with E-state index in [-0.39, 0.29) is 5.83 Å². The van der Waals surface area contributed by atoms with Gasteiger partial charge in [-0.25, -0.2) is 4.39 Å². The molecule has 0 bridgehead atoms. The van der Waals surface area contributed by atoms with Gasteiger partial charge in [0.1, 0.15) is 5.83 Å². The first-order chi connectivity index (χ1) is 3.39. The van der Waals surface area contributed by atoms with Crippen LogP contribution in [0.4, 0.5) is 4.39 Å². The molecule has 7 heavy (non-hydrogen) atoms. The predicted molar refractivity (Wildman–Crippen MR) is 23.7 cm³/mol. The molecule has 2 heteroatoms. The fraction of sp³-hybridized carbons (Fsp3) is 0. The van der Waals surface area contributed by atoms with Crippen LogP contribution in [0, 0.1) is 6.61 Å². The molecule has 1 nitrogen and oxygen atoms in total. The van der Waals surface area contributed by atoms with Gasteiger partial charge in [0.2, 0.25) is 0 Å². The highest BCUT2D eigenvalue weighted by Gasteiger charge is 1.91. The van der Waals surface area contributed by atoms with Crippen molar-refractivity contribution in [3.8, 4) is 0 Å². The molecule has 0 N–H and O–H groups in total. The van der Waals surface area contributed by atoms with Gasteiger partial charge in [0.15, 0.2) is 6.61 Å². The highest BCUT2D eigenvalue weighted by Crippen LogP contribution is 2.05. The van der Waals surface area contributed by atoms with Gasteiger partial charge in [-0.1, -0.05) is 0 Å². The van der Waals surface area contributed by atoms with E-state index in [1.807, 2.05) is 0 Å². The minimum absolute atomic E-state index is 0.272. The maximum Gasteiger partial charge on any atom is 0.159 e. The van der Waals surface area contributed by atoms with Gasteiger partial charge < -0.3 is 4.74 Å². The minimum atomic E-state index is -0.272. The molecule has 0 atom stereocenters. The van der Waals surface area contributed by atoms with Crippen molar-refractivity contribution in [2.75, 3.05) is 0 Å². The third kappa shape index (κ3) is 1.03. The molecule has 0 fully saturated rings. The first kappa shape index (κ1) is 4.37. The van der Waals surface area contributed by atoms with Crippen LogP contribution in [0.1, 0.15) is 0 Å². The zero-order valence-corrected chi connectivity index (χ0v) is 3.60. The number of hydrogen-bond donors (Lipinski definition) is 0. The largest absolute Gasteiger partial charge is 0.489 e. The quantitative estimate of drug-likeness (QED) is 0.447. The molecule has 37 valence electrons. The van der Waals surface area contributed by atoms with Crippen LogP contribution in [0.2, 0.25) is 0 Å². The SMILES string of the molecule is FC1=C[CH]OC=C1. The Bertz CT molecular complexity index is 115. The summed E-state index contributed by atoms with van der Waals surface area (Å²) in [6, 6.07) is 0. The van der Waals surface area contributed by atoms with Crippen LogP contribution < -0.4 is 0 Å². The Hall–Kier alpha value is -0.790. The fourth-order valence-corrected chi connectivity index (χ4v) is 0.309. The third-order valence-electron chi connectivity index (χ3n) is 0.612. The van der Waals surface area contributed by atoms with Gasteiger partial charge in [-0.15, -0.1) is 0 Å². The topological polar surface area (TPSA) is 9.23 Å². The van der Waals surface area contributed by atoms with E-state index >= 15 is 0 Å². The first-order valence-corrected chi connectivity index (χ1v) is 1.90. The van der Waals surface area contributed by atoms with E-state index in [1.54, 1.807) is 0 Å². The van der Waals surface area contributed by atoms with Crippen molar-refractivity contribution in [3.63, 3.8) is 0 Å². The van der Waals surface area contributed by atoms with Crippen LogP contribution in [0.25, 0.3) is 0 Å². The summed E-state index contributed by atoms with van der Waals surface area (Å²) < 4.78 is 16.4. The molecule has 1 aliphatic heterocycles. The van der Waals surface area contributed by atoms with Gasteiger partial charge in [0.05, 0.1) is 6.26 Å². The summed E-state index contributed by atoms with van der Waals surface area (Å²) in [5.41, 5.74) is 0. The summed E-state index contributed by atoms with van der Waals surface area (Å²) in [6.07, 6.45) is 3.79. The highest BCUT2D eigenvalue weighted by atomic mass is 19.1. The summed E-state index contributed by atoms with van der Waals surface area (Å²) in [5, 5.41) is 0. The standard InChI is InChI=1S/C5H4FO/c6-5-1-3-7-4-2-5/h1-4H. The fourth-order valence-electron chi connectivity index (χ4n) is 0.309. The van der Waals surface area contributed by atoms with E-state index < -0.39 is 0 Å². The lowest BCUT2D eigenvalue weighted by atomic mass is 10.4. The van der Waals surface area contributed by atoms with Gasteiger partial charge in [0, 0.05) is 6.08 Å². The van der Waals surface area contributed by atoms with Crippen molar-refractivity contribution < 1.29 is 9.13 Å². The van der Waals surface area contributed by atoms with E-state index in [1.165, 1.54) is 25.0 Å². The number of hydrogen-bond acceptors (Lipinski definition) is 1. The van der Waals surface area contributed by atoms with Crippen LogP contribution in [0.15, 0.2) is 24.2 Å². The van der Waals surface area contributed by atoms with Crippen molar-refractivity contribution in [1.82, 2.24) is 0 Å². The molecule has 1 rings (SSSR count). The molecular weight excluding hydrogens is 95.1 g/mol. The summed E-state index contributed by atoms with van der Waals surface area (Å²) in [7, 11) is 0. The molecular formula is C5H4FO. The molecule has 0 spiro atoms. The van der Waals surface area contributed by atoms with E-state index in [9.17, 15) is 4.39 Å². The maximum atomic E-state index is 11.8. The Labute approximate surface area is 41.1 Å². The zero-order valence-electron chi connectivity index (χ0n) is 3.60. The second-order valence-corrected chi connectivity index (χ2v) is 1.13.